The third kappa shape index (κ3) is 27.9. The van der Waals surface area contributed by atoms with E-state index in [1.165, 1.54) is 129 Å². The van der Waals surface area contributed by atoms with Gasteiger partial charge in [0.05, 0.1) is 0 Å². The molecule has 0 radical (unpaired) electrons. The van der Waals surface area contributed by atoms with Crippen molar-refractivity contribution in [2.45, 2.75) is 144 Å². The SMILES string of the molecule is CCCC=CCCCCCCCCCCCCCCCC.CCN(CC)CC. The second-order valence-electron chi connectivity index (χ2n) is 8.26. The van der Waals surface area contributed by atoms with E-state index in [-0.39, 0.29) is 0 Å². The Hall–Kier alpha value is -0.300. The first-order valence-electron chi connectivity index (χ1n) is 13.1. The van der Waals surface area contributed by atoms with Crippen molar-refractivity contribution in [2.75, 3.05) is 19.6 Å². The summed E-state index contributed by atoms with van der Waals surface area (Å²) in [7, 11) is 0. The second-order valence-corrected chi connectivity index (χ2v) is 8.26. The minimum absolute atomic E-state index is 1.19. The molecule has 0 aliphatic heterocycles. The van der Waals surface area contributed by atoms with E-state index >= 15 is 0 Å². The lowest BCUT2D eigenvalue weighted by atomic mass is 10.0. The van der Waals surface area contributed by atoms with Crippen LogP contribution in [0.2, 0.25) is 0 Å². The largest absolute Gasteiger partial charge is 0.304 e. The molecule has 0 heterocycles. The molecule has 0 saturated carbocycles. The molecule has 0 unspecified atom stereocenters. The van der Waals surface area contributed by atoms with Crippen LogP contribution in [0.3, 0.4) is 0 Å². The minimum Gasteiger partial charge on any atom is -0.304 e. The van der Waals surface area contributed by atoms with E-state index in [0.717, 1.165) is 0 Å². The maximum atomic E-state index is 2.38. The first-order chi connectivity index (χ1) is 13.8. The molecular weight excluding hydrogens is 338 g/mol. The Labute approximate surface area is 180 Å². The number of nitrogens with zero attached hydrogens (tertiary/aromatic N) is 1. The monoisotopic (exact) mass is 395 g/mol. The van der Waals surface area contributed by atoms with E-state index in [9.17, 15) is 0 Å². The zero-order valence-electron chi connectivity index (χ0n) is 20.7. The summed E-state index contributed by atoms with van der Waals surface area (Å²) in [4.78, 5) is 2.38. The summed E-state index contributed by atoms with van der Waals surface area (Å²) < 4.78 is 0. The molecule has 170 valence electrons. The third-order valence-electron chi connectivity index (χ3n) is 5.69. The lowest BCUT2D eigenvalue weighted by molar-refractivity contribution is 0.321. The van der Waals surface area contributed by atoms with Crippen LogP contribution in [0.1, 0.15) is 144 Å². The number of hydrogen-bond donors (Lipinski definition) is 0. The van der Waals surface area contributed by atoms with Crippen molar-refractivity contribution < 1.29 is 0 Å². The highest BCUT2D eigenvalue weighted by molar-refractivity contribution is 4.80. The molecule has 0 bridgehead atoms. The number of hydrogen-bond acceptors (Lipinski definition) is 1. The third-order valence-corrected chi connectivity index (χ3v) is 5.69. The number of allylic oxidation sites excluding steroid dienone is 2. The molecule has 0 aliphatic carbocycles. The van der Waals surface area contributed by atoms with Crippen molar-refractivity contribution in [2.24, 2.45) is 0 Å². The number of rotatable bonds is 20. The molecule has 1 heteroatoms. The molecule has 0 aromatic rings. The van der Waals surface area contributed by atoms with Crippen LogP contribution in [0.25, 0.3) is 0 Å². The predicted octanol–water partition coefficient (Wildman–Crippen LogP) is 9.56. The average Bonchev–Trinajstić information content (AvgIpc) is 2.72. The fourth-order valence-corrected chi connectivity index (χ4v) is 3.53. The summed E-state index contributed by atoms with van der Waals surface area (Å²) in [6.07, 6.45) is 29.0. The van der Waals surface area contributed by atoms with Gasteiger partial charge in [0, 0.05) is 0 Å². The Morgan fingerprint density at radius 2 is 0.750 bits per heavy atom. The van der Waals surface area contributed by atoms with E-state index in [1.54, 1.807) is 0 Å². The van der Waals surface area contributed by atoms with Gasteiger partial charge in [-0.2, -0.15) is 0 Å². The summed E-state index contributed by atoms with van der Waals surface area (Å²) in [6, 6.07) is 0. The predicted molar refractivity (Wildman–Crippen MR) is 132 cm³/mol. The Kier molecular flexibility index (Phi) is 30.9. The molecular formula is C27H57N. The molecule has 0 N–H and O–H groups in total. The summed E-state index contributed by atoms with van der Waals surface area (Å²) >= 11 is 0. The lowest BCUT2D eigenvalue weighted by Gasteiger charge is -2.13. The zero-order chi connectivity index (χ0) is 21.1. The van der Waals surface area contributed by atoms with Crippen LogP contribution in [0, 0.1) is 0 Å². The van der Waals surface area contributed by atoms with Crippen molar-refractivity contribution in [3.8, 4) is 0 Å². The smallest absolute Gasteiger partial charge is 0.00474 e. The van der Waals surface area contributed by atoms with Crippen LogP contribution < -0.4 is 0 Å². The molecule has 0 spiro atoms. The van der Waals surface area contributed by atoms with Gasteiger partial charge in [-0.25, -0.2) is 0 Å². The highest BCUT2D eigenvalue weighted by Crippen LogP contribution is 2.13. The Morgan fingerprint density at radius 1 is 0.393 bits per heavy atom. The Balaban J connectivity index is 0. The van der Waals surface area contributed by atoms with Crippen LogP contribution in [0.4, 0.5) is 0 Å². The van der Waals surface area contributed by atoms with Gasteiger partial charge in [0.15, 0.2) is 0 Å². The fraction of sp³-hybridized carbons (Fsp3) is 0.926. The van der Waals surface area contributed by atoms with Gasteiger partial charge in [0.2, 0.25) is 0 Å². The average molecular weight is 396 g/mol. The maximum absolute atomic E-state index is 2.38. The molecule has 0 aliphatic rings. The summed E-state index contributed by atoms with van der Waals surface area (Å²) in [5, 5.41) is 0. The van der Waals surface area contributed by atoms with Crippen molar-refractivity contribution in [3.05, 3.63) is 12.2 Å². The first-order valence-corrected chi connectivity index (χ1v) is 13.1. The van der Waals surface area contributed by atoms with E-state index in [2.05, 4.69) is 51.7 Å². The summed E-state index contributed by atoms with van der Waals surface area (Å²) in [5.41, 5.74) is 0. The van der Waals surface area contributed by atoms with Gasteiger partial charge in [-0.3, -0.25) is 0 Å². The van der Waals surface area contributed by atoms with E-state index in [0.29, 0.717) is 0 Å². The van der Waals surface area contributed by atoms with Crippen molar-refractivity contribution in [1.29, 1.82) is 0 Å². The standard InChI is InChI=1S/C21H42.C6H15N/c1-3-5-7-9-11-13-15-17-19-21-20-18-16-14-12-10-8-6-4-2;1-4-7(5-2)6-3/h7,9H,3-6,8,10-21H2,1-2H3;4-6H2,1-3H3. The molecule has 0 aromatic heterocycles. The molecule has 28 heavy (non-hydrogen) atoms. The van der Waals surface area contributed by atoms with Crippen LogP contribution in [-0.2, 0) is 0 Å². The summed E-state index contributed by atoms with van der Waals surface area (Å²) in [6.45, 7) is 14.7. The van der Waals surface area contributed by atoms with Crippen LogP contribution in [-0.4, -0.2) is 24.5 Å². The topological polar surface area (TPSA) is 3.24 Å². The Morgan fingerprint density at radius 3 is 1.07 bits per heavy atom. The van der Waals surface area contributed by atoms with Gasteiger partial charge in [-0.1, -0.05) is 137 Å². The molecule has 0 aromatic carbocycles. The molecule has 0 atom stereocenters. The van der Waals surface area contributed by atoms with Gasteiger partial charge in [-0.15, -0.1) is 0 Å². The van der Waals surface area contributed by atoms with Crippen molar-refractivity contribution in [1.82, 2.24) is 4.90 Å². The molecule has 0 amide bonds. The van der Waals surface area contributed by atoms with Gasteiger partial charge in [-0.05, 0) is 38.9 Å². The van der Waals surface area contributed by atoms with Gasteiger partial charge in [0.1, 0.15) is 0 Å². The van der Waals surface area contributed by atoms with E-state index in [1.807, 2.05) is 0 Å². The van der Waals surface area contributed by atoms with Gasteiger partial charge >= 0.3 is 0 Å². The first kappa shape index (κ1) is 29.9. The lowest BCUT2D eigenvalue weighted by Crippen LogP contribution is -2.21. The molecule has 0 rings (SSSR count). The minimum atomic E-state index is 1.19. The quantitative estimate of drug-likeness (QED) is 0.146. The van der Waals surface area contributed by atoms with Gasteiger partial charge < -0.3 is 4.90 Å². The zero-order valence-corrected chi connectivity index (χ0v) is 20.7. The van der Waals surface area contributed by atoms with Gasteiger partial charge in [0.25, 0.3) is 0 Å². The Bertz CT molecular complexity index is 262. The van der Waals surface area contributed by atoms with E-state index in [4.69, 9.17) is 0 Å². The van der Waals surface area contributed by atoms with Crippen LogP contribution in [0.5, 0.6) is 0 Å². The normalized spacial score (nSPS) is 11.2. The van der Waals surface area contributed by atoms with Crippen LogP contribution in [0.15, 0.2) is 12.2 Å². The highest BCUT2D eigenvalue weighted by atomic mass is 15.1. The summed E-state index contributed by atoms with van der Waals surface area (Å²) in [5.74, 6) is 0. The van der Waals surface area contributed by atoms with Crippen molar-refractivity contribution in [3.63, 3.8) is 0 Å². The number of unbranched alkanes of at least 4 members (excludes halogenated alkanes) is 15. The molecule has 1 nitrogen and oxygen atoms in total. The fourth-order valence-electron chi connectivity index (χ4n) is 3.53. The molecule has 0 saturated heterocycles. The molecule has 0 fully saturated rings. The van der Waals surface area contributed by atoms with Crippen molar-refractivity contribution >= 4 is 0 Å². The van der Waals surface area contributed by atoms with Crippen LogP contribution >= 0.6 is 0 Å². The van der Waals surface area contributed by atoms with E-state index < -0.39 is 0 Å². The highest BCUT2D eigenvalue weighted by Gasteiger charge is 1.93. The second kappa shape index (κ2) is 28.9. The maximum Gasteiger partial charge on any atom is -0.00474 e.